The van der Waals surface area contributed by atoms with E-state index < -0.39 is 6.17 Å². The molecule has 1 aromatic carbocycles. The Labute approximate surface area is 140 Å². The van der Waals surface area contributed by atoms with Gasteiger partial charge >= 0.3 is 0 Å². The molecule has 0 bridgehead atoms. The molecule has 0 saturated carbocycles. The standard InChI is InChI=1S/C16H15BrN2O2S/c17-8-5-6-11(20)10(7-8)14-18-15(21)13-9-3-1-2-4-12(9)22-16(13)19-14/h5-7,14,19-20H,1-4H2,(H,18,21). The third kappa shape index (κ3) is 2.21. The number of hydrogen-bond acceptors (Lipinski definition) is 4. The lowest BCUT2D eigenvalue weighted by atomic mass is 9.94. The van der Waals surface area contributed by atoms with Crippen LogP contribution in [0.15, 0.2) is 22.7 Å². The van der Waals surface area contributed by atoms with Crippen molar-refractivity contribution in [2.24, 2.45) is 0 Å². The number of rotatable bonds is 1. The summed E-state index contributed by atoms with van der Waals surface area (Å²) in [5.41, 5.74) is 2.69. The molecule has 1 amide bonds. The molecule has 4 rings (SSSR count). The van der Waals surface area contributed by atoms with E-state index >= 15 is 0 Å². The minimum atomic E-state index is -0.405. The van der Waals surface area contributed by atoms with Gasteiger partial charge in [0.15, 0.2) is 0 Å². The van der Waals surface area contributed by atoms with E-state index in [9.17, 15) is 9.90 Å². The number of carbonyl (C=O) groups excluding carboxylic acids is 1. The normalized spacial score (nSPS) is 19.9. The first-order valence-electron chi connectivity index (χ1n) is 7.34. The molecule has 2 heterocycles. The fraction of sp³-hybridized carbons (Fsp3) is 0.312. The molecule has 0 fully saturated rings. The smallest absolute Gasteiger partial charge is 0.256 e. The van der Waals surface area contributed by atoms with E-state index in [1.54, 1.807) is 23.5 Å². The highest BCUT2D eigenvalue weighted by Crippen LogP contribution is 2.42. The molecular formula is C16H15BrN2O2S. The predicted octanol–water partition coefficient (Wildman–Crippen LogP) is 3.95. The number of anilines is 1. The lowest BCUT2D eigenvalue weighted by Gasteiger charge is -2.27. The average Bonchev–Trinajstić information content (AvgIpc) is 2.88. The number of aromatic hydroxyl groups is 1. The van der Waals surface area contributed by atoms with Crippen LogP contribution in [-0.4, -0.2) is 11.0 Å². The number of thiophene rings is 1. The first-order chi connectivity index (χ1) is 10.6. The molecule has 0 radical (unpaired) electrons. The van der Waals surface area contributed by atoms with Crippen molar-refractivity contribution in [2.45, 2.75) is 31.8 Å². The molecule has 4 nitrogen and oxygen atoms in total. The molecule has 2 aromatic rings. The van der Waals surface area contributed by atoms with Crippen LogP contribution in [0.2, 0.25) is 0 Å². The van der Waals surface area contributed by atoms with E-state index in [4.69, 9.17) is 0 Å². The van der Waals surface area contributed by atoms with Gasteiger partial charge in [0.25, 0.3) is 5.91 Å². The summed E-state index contributed by atoms with van der Waals surface area (Å²) >= 11 is 5.09. The molecule has 1 unspecified atom stereocenters. The van der Waals surface area contributed by atoms with Crippen molar-refractivity contribution >= 4 is 38.2 Å². The maximum absolute atomic E-state index is 12.6. The van der Waals surface area contributed by atoms with Crippen molar-refractivity contribution < 1.29 is 9.90 Å². The highest BCUT2D eigenvalue weighted by atomic mass is 79.9. The van der Waals surface area contributed by atoms with Gasteiger partial charge in [0.2, 0.25) is 0 Å². The van der Waals surface area contributed by atoms with E-state index in [-0.39, 0.29) is 11.7 Å². The Morgan fingerprint density at radius 2 is 2.05 bits per heavy atom. The minimum absolute atomic E-state index is 0.0440. The Balaban J connectivity index is 1.74. The molecule has 6 heteroatoms. The van der Waals surface area contributed by atoms with E-state index in [0.29, 0.717) is 5.56 Å². The zero-order valence-electron chi connectivity index (χ0n) is 11.8. The monoisotopic (exact) mass is 378 g/mol. The number of phenols is 1. The number of phenolic OH excluding ortho intramolecular Hbond substituents is 1. The molecule has 1 aliphatic heterocycles. The van der Waals surface area contributed by atoms with Crippen LogP contribution in [0.3, 0.4) is 0 Å². The maximum atomic E-state index is 12.6. The fourth-order valence-corrected chi connectivity index (χ4v) is 4.88. The number of fused-ring (bicyclic) bond motifs is 3. The third-order valence-corrected chi connectivity index (χ3v) is 5.97. The average molecular weight is 379 g/mol. The second kappa shape index (κ2) is 5.28. The summed E-state index contributed by atoms with van der Waals surface area (Å²) in [6.45, 7) is 0. The van der Waals surface area contributed by atoms with Crippen molar-refractivity contribution in [3.05, 3.63) is 44.2 Å². The minimum Gasteiger partial charge on any atom is -0.508 e. The van der Waals surface area contributed by atoms with Crippen molar-refractivity contribution in [3.8, 4) is 5.75 Å². The van der Waals surface area contributed by atoms with Crippen LogP contribution in [-0.2, 0) is 12.8 Å². The number of aryl methyl sites for hydroxylation is 1. The molecule has 3 N–H and O–H groups in total. The molecule has 1 aliphatic carbocycles. The summed E-state index contributed by atoms with van der Waals surface area (Å²) < 4.78 is 0.868. The highest BCUT2D eigenvalue weighted by Gasteiger charge is 2.32. The van der Waals surface area contributed by atoms with Gasteiger partial charge in [-0.25, -0.2) is 0 Å². The van der Waals surface area contributed by atoms with Crippen molar-refractivity contribution in [1.29, 1.82) is 0 Å². The molecule has 2 aliphatic rings. The van der Waals surface area contributed by atoms with Crippen LogP contribution >= 0.6 is 27.3 Å². The van der Waals surface area contributed by atoms with E-state index in [2.05, 4.69) is 26.6 Å². The lowest BCUT2D eigenvalue weighted by molar-refractivity contribution is 0.0935. The number of carbonyl (C=O) groups is 1. The molecule has 114 valence electrons. The zero-order valence-corrected chi connectivity index (χ0v) is 14.2. The highest BCUT2D eigenvalue weighted by molar-refractivity contribution is 9.10. The van der Waals surface area contributed by atoms with Crippen LogP contribution in [0.1, 0.15) is 45.4 Å². The van der Waals surface area contributed by atoms with Gasteiger partial charge in [0, 0.05) is 14.9 Å². The van der Waals surface area contributed by atoms with Crippen LogP contribution in [0, 0.1) is 0 Å². The van der Waals surface area contributed by atoms with Gasteiger partial charge in [-0.3, -0.25) is 4.79 Å². The van der Waals surface area contributed by atoms with Gasteiger partial charge < -0.3 is 15.7 Å². The molecular weight excluding hydrogens is 364 g/mol. The summed E-state index contributed by atoms with van der Waals surface area (Å²) in [6, 6.07) is 5.23. The third-order valence-electron chi connectivity index (χ3n) is 4.25. The van der Waals surface area contributed by atoms with Crippen LogP contribution in [0.25, 0.3) is 0 Å². The second-order valence-electron chi connectivity index (χ2n) is 5.67. The Kier molecular flexibility index (Phi) is 3.38. The van der Waals surface area contributed by atoms with E-state index in [0.717, 1.165) is 34.3 Å². The van der Waals surface area contributed by atoms with Gasteiger partial charge in [-0.2, -0.15) is 0 Å². The maximum Gasteiger partial charge on any atom is 0.256 e. The SMILES string of the molecule is O=C1NC(c2cc(Br)ccc2O)Nc2sc3c(c21)CCCC3. The Morgan fingerprint density at radius 3 is 2.91 bits per heavy atom. The van der Waals surface area contributed by atoms with Crippen LogP contribution in [0.4, 0.5) is 5.00 Å². The van der Waals surface area contributed by atoms with Gasteiger partial charge in [0.05, 0.1) is 5.56 Å². The Bertz CT molecular complexity index is 772. The van der Waals surface area contributed by atoms with Crippen molar-refractivity contribution in [1.82, 2.24) is 5.32 Å². The number of halogens is 1. The summed E-state index contributed by atoms with van der Waals surface area (Å²) in [6.07, 6.45) is 4.00. The largest absolute Gasteiger partial charge is 0.508 e. The van der Waals surface area contributed by atoms with Crippen LogP contribution in [0.5, 0.6) is 5.75 Å². The summed E-state index contributed by atoms with van der Waals surface area (Å²) in [7, 11) is 0. The molecule has 22 heavy (non-hydrogen) atoms. The lowest BCUT2D eigenvalue weighted by Crippen LogP contribution is -2.38. The number of amides is 1. The van der Waals surface area contributed by atoms with Gasteiger partial charge in [-0.1, -0.05) is 15.9 Å². The summed E-state index contributed by atoms with van der Waals surface area (Å²) in [5, 5.41) is 17.3. The topological polar surface area (TPSA) is 61.4 Å². The predicted molar refractivity (Wildman–Crippen MR) is 90.6 cm³/mol. The number of benzene rings is 1. The van der Waals surface area contributed by atoms with Crippen LogP contribution < -0.4 is 10.6 Å². The summed E-state index contributed by atoms with van der Waals surface area (Å²) in [5.74, 6) is 0.128. The van der Waals surface area contributed by atoms with Gasteiger partial charge in [-0.15, -0.1) is 11.3 Å². The first-order valence-corrected chi connectivity index (χ1v) is 8.95. The van der Waals surface area contributed by atoms with Crippen molar-refractivity contribution in [2.75, 3.05) is 5.32 Å². The number of hydrogen-bond donors (Lipinski definition) is 3. The van der Waals surface area contributed by atoms with Gasteiger partial charge in [0.1, 0.15) is 16.9 Å². The Hall–Kier alpha value is -1.53. The number of nitrogens with one attached hydrogen (secondary N) is 2. The van der Waals surface area contributed by atoms with E-state index in [1.807, 2.05) is 6.07 Å². The fourth-order valence-electron chi connectivity index (χ4n) is 3.19. The van der Waals surface area contributed by atoms with Crippen molar-refractivity contribution in [3.63, 3.8) is 0 Å². The molecule has 1 aromatic heterocycles. The molecule has 0 saturated heterocycles. The zero-order chi connectivity index (χ0) is 15.3. The second-order valence-corrected chi connectivity index (χ2v) is 7.69. The van der Waals surface area contributed by atoms with Gasteiger partial charge in [-0.05, 0) is 49.4 Å². The quantitative estimate of drug-likeness (QED) is 0.703. The molecule has 1 atom stereocenters. The first kappa shape index (κ1) is 14.1. The Morgan fingerprint density at radius 1 is 1.23 bits per heavy atom. The molecule has 0 spiro atoms. The van der Waals surface area contributed by atoms with E-state index in [1.165, 1.54) is 16.9 Å². The summed E-state index contributed by atoms with van der Waals surface area (Å²) in [4.78, 5) is 13.9.